The van der Waals surface area contributed by atoms with Crippen molar-refractivity contribution in [1.29, 1.82) is 0 Å². The van der Waals surface area contributed by atoms with E-state index in [1.165, 1.54) is 12.4 Å². The second-order valence-electron chi connectivity index (χ2n) is 6.44. The molecule has 0 N–H and O–H groups in total. The van der Waals surface area contributed by atoms with Crippen LogP contribution in [-0.2, 0) is 9.47 Å². The summed E-state index contributed by atoms with van der Waals surface area (Å²) in [7, 11) is 0. The van der Waals surface area contributed by atoms with Crippen molar-refractivity contribution in [3.05, 3.63) is 60.2 Å². The zero-order chi connectivity index (χ0) is 19.6. The number of nitrogens with zero attached hydrogens (tertiary/aromatic N) is 4. The van der Waals surface area contributed by atoms with Crippen LogP contribution in [0.3, 0.4) is 0 Å². The molecule has 0 atom stereocenters. The Balaban J connectivity index is 1.27. The van der Waals surface area contributed by atoms with Gasteiger partial charge in [-0.2, -0.15) is 0 Å². The lowest BCUT2D eigenvalue weighted by Crippen LogP contribution is -2.48. The Morgan fingerprint density at radius 2 is 1.21 bits per heavy atom. The van der Waals surface area contributed by atoms with Gasteiger partial charge in [-0.05, 0) is 24.3 Å². The second-order valence-corrected chi connectivity index (χ2v) is 6.44. The lowest BCUT2D eigenvalue weighted by molar-refractivity contribution is 0.0351. The van der Waals surface area contributed by atoms with Crippen molar-refractivity contribution in [2.75, 3.05) is 52.5 Å². The van der Waals surface area contributed by atoms with Crippen molar-refractivity contribution in [2.45, 2.75) is 0 Å². The van der Waals surface area contributed by atoms with Crippen LogP contribution in [0.15, 0.2) is 49.1 Å². The van der Waals surface area contributed by atoms with Gasteiger partial charge < -0.3 is 9.47 Å². The normalized spacial score (nSPS) is 15.1. The topological polar surface area (TPSA) is 84.9 Å². The molecule has 2 aromatic rings. The molecule has 0 bridgehead atoms. The summed E-state index contributed by atoms with van der Waals surface area (Å²) in [4.78, 5) is 36.1. The van der Waals surface area contributed by atoms with Crippen LogP contribution in [0.25, 0.3) is 0 Å². The lowest BCUT2D eigenvalue weighted by Gasteiger charge is -2.34. The van der Waals surface area contributed by atoms with E-state index in [0.29, 0.717) is 37.4 Å². The third-order valence-corrected chi connectivity index (χ3v) is 4.54. The zero-order valence-electron chi connectivity index (χ0n) is 15.7. The van der Waals surface area contributed by atoms with Gasteiger partial charge in [-0.3, -0.25) is 19.8 Å². The first-order valence-electron chi connectivity index (χ1n) is 9.31. The molecule has 0 aromatic carbocycles. The number of piperazine rings is 1. The highest BCUT2D eigenvalue weighted by Crippen LogP contribution is 2.04. The summed E-state index contributed by atoms with van der Waals surface area (Å²) in [5, 5.41) is 0. The highest BCUT2D eigenvalue weighted by Gasteiger charge is 2.17. The molecule has 28 heavy (non-hydrogen) atoms. The molecular formula is C20H24N4O4. The maximum atomic E-state index is 11.9. The third kappa shape index (κ3) is 6.11. The molecule has 3 heterocycles. The molecule has 0 saturated carbocycles. The third-order valence-electron chi connectivity index (χ3n) is 4.54. The fourth-order valence-corrected chi connectivity index (χ4v) is 2.91. The number of rotatable bonds is 8. The predicted molar refractivity (Wildman–Crippen MR) is 102 cm³/mol. The minimum atomic E-state index is -0.345. The molecule has 3 rings (SSSR count). The van der Waals surface area contributed by atoms with Crippen molar-refractivity contribution < 1.29 is 19.1 Å². The number of esters is 2. The summed E-state index contributed by atoms with van der Waals surface area (Å²) in [6.07, 6.45) is 6.25. The van der Waals surface area contributed by atoms with Gasteiger partial charge in [-0.15, -0.1) is 0 Å². The molecule has 0 amide bonds. The van der Waals surface area contributed by atoms with Crippen LogP contribution < -0.4 is 0 Å². The van der Waals surface area contributed by atoms with E-state index in [9.17, 15) is 9.59 Å². The van der Waals surface area contributed by atoms with E-state index in [0.717, 1.165) is 26.2 Å². The first-order chi connectivity index (χ1) is 13.7. The van der Waals surface area contributed by atoms with Gasteiger partial charge in [-0.25, -0.2) is 9.59 Å². The number of carbonyl (C=O) groups is 2. The summed E-state index contributed by atoms with van der Waals surface area (Å²) in [5.41, 5.74) is 0.932. The minimum Gasteiger partial charge on any atom is -0.461 e. The molecule has 1 fully saturated rings. The van der Waals surface area contributed by atoms with Gasteiger partial charge in [0.1, 0.15) is 13.2 Å². The van der Waals surface area contributed by atoms with Crippen molar-refractivity contribution in [3.8, 4) is 0 Å². The molecular weight excluding hydrogens is 360 g/mol. The smallest absolute Gasteiger partial charge is 0.339 e. The van der Waals surface area contributed by atoms with Gasteiger partial charge in [0.05, 0.1) is 11.1 Å². The predicted octanol–water partition coefficient (Wildman–Crippen LogP) is 1.11. The van der Waals surface area contributed by atoms with Crippen LogP contribution in [0.5, 0.6) is 0 Å². The second kappa shape index (κ2) is 10.5. The monoisotopic (exact) mass is 384 g/mol. The maximum absolute atomic E-state index is 11.9. The molecule has 1 aliphatic rings. The van der Waals surface area contributed by atoms with E-state index in [2.05, 4.69) is 19.8 Å². The van der Waals surface area contributed by atoms with Gasteiger partial charge in [0.15, 0.2) is 0 Å². The fourth-order valence-electron chi connectivity index (χ4n) is 2.91. The van der Waals surface area contributed by atoms with Gasteiger partial charge in [-0.1, -0.05) is 0 Å². The highest BCUT2D eigenvalue weighted by molar-refractivity contribution is 5.89. The van der Waals surface area contributed by atoms with Crippen molar-refractivity contribution in [2.24, 2.45) is 0 Å². The molecule has 2 aromatic heterocycles. The van der Waals surface area contributed by atoms with Crippen LogP contribution in [0.2, 0.25) is 0 Å². The van der Waals surface area contributed by atoms with E-state index < -0.39 is 0 Å². The summed E-state index contributed by atoms with van der Waals surface area (Å²) in [6.45, 7) is 5.68. The summed E-state index contributed by atoms with van der Waals surface area (Å²) in [6, 6.07) is 6.80. The van der Waals surface area contributed by atoms with E-state index in [1.54, 1.807) is 36.7 Å². The number of carbonyl (C=O) groups excluding carboxylic acids is 2. The van der Waals surface area contributed by atoms with Crippen LogP contribution in [-0.4, -0.2) is 84.2 Å². The average Bonchev–Trinajstić information content (AvgIpc) is 2.76. The first kappa shape index (κ1) is 19.9. The standard InChI is InChI=1S/C20H24N4O4/c25-19(17-3-1-5-21-15-17)27-13-11-23-7-9-24(10-8-23)12-14-28-20(26)18-4-2-6-22-16-18/h1-6,15-16H,7-14H2. The number of pyridine rings is 2. The molecule has 1 saturated heterocycles. The summed E-state index contributed by atoms with van der Waals surface area (Å²) in [5.74, 6) is -0.690. The maximum Gasteiger partial charge on any atom is 0.339 e. The molecule has 0 aliphatic carbocycles. The van der Waals surface area contributed by atoms with Gasteiger partial charge in [0.2, 0.25) is 0 Å². The van der Waals surface area contributed by atoms with E-state index in [-0.39, 0.29) is 11.9 Å². The molecule has 0 unspecified atom stereocenters. The molecule has 1 aliphatic heterocycles. The Bertz CT molecular complexity index is 684. The first-order valence-corrected chi connectivity index (χ1v) is 9.31. The Labute approximate surface area is 164 Å². The van der Waals surface area contributed by atoms with E-state index >= 15 is 0 Å². The van der Waals surface area contributed by atoms with Crippen LogP contribution in [0, 0.1) is 0 Å². The largest absolute Gasteiger partial charge is 0.461 e. The number of hydrogen-bond donors (Lipinski definition) is 0. The van der Waals surface area contributed by atoms with Crippen molar-refractivity contribution >= 4 is 11.9 Å². The Hall–Kier alpha value is -2.84. The summed E-state index contributed by atoms with van der Waals surface area (Å²) < 4.78 is 10.6. The fraction of sp³-hybridized carbons (Fsp3) is 0.400. The van der Waals surface area contributed by atoms with Gasteiger partial charge in [0.25, 0.3) is 0 Å². The molecule has 0 radical (unpaired) electrons. The minimum absolute atomic E-state index is 0.345. The van der Waals surface area contributed by atoms with Gasteiger partial charge in [0, 0.05) is 64.1 Å². The van der Waals surface area contributed by atoms with Gasteiger partial charge >= 0.3 is 11.9 Å². The van der Waals surface area contributed by atoms with Crippen LogP contribution >= 0.6 is 0 Å². The zero-order valence-corrected chi connectivity index (χ0v) is 15.7. The number of ether oxygens (including phenoxy) is 2. The summed E-state index contributed by atoms with van der Waals surface area (Å²) >= 11 is 0. The highest BCUT2D eigenvalue weighted by atomic mass is 16.5. The van der Waals surface area contributed by atoms with Crippen LogP contribution in [0.4, 0.5) is 0 Å². The molecule has 148 valence electrons. The van der Waals surface area contributed by atoms with Crippen molar-refractivity contribution in [1.82, 2.24) is 19.8 Å². The SMILES string of the molecule is O=C(OCCN1CCN(CCOC(=O)c2cccnc2)CC1)c1cccnc1. The lowest BCUT2D eigenvalue weighted by atomic mass is 10.3. The van der Waals surface area contributed by atoms with Crippen molar-refractivity contribution in [3.63, 3.8) is 0 Å². The molecule has 8 heteroatoms. The molecule has 8 nitrogen and oxygen atoms in total. The van der Waals surface area contributed by atoms with Crippen LogP contribution in [0.1, 0.15) is 20.7 Å². The average molecular weight is 384 g/mol. The Morgan fingerprint density at radius 1 is 0.786 bits per heavy atom. The Kier molecular flexibility index (Phi) is 7.45. The number of aromatic nitrogens is 2. The molecule has 0 spiro atoms. The number of hydrogen-bond acceptors (Lipinski definition) is 8. The Morgan fingerprint density at radius 3 is 1.57 bits per heavy atom. The quantitative estimate of drug-likeness (QED) is 0.626. The van der Waals surface area contributed by atoms with E-state index in [1.807, 2.05) is 0 Å². The van der Waals surface area contributed by atoms with E-state index in [4.69, 9.17) is 9.47 Å².